The smallest absolute Gasteiger partial charge is 0.0447 e. The van der Waals surface area contributed by atoms with Crippen LogP contribution >= 0.6 is 0 Å². The molecule has 0 unspecified atom stereocenters. The molecule has 3 aromatic rings. The van der Waals surface area contributed by atoms with Crippen LogP contribution in [-0.2, 0) is 6.42 Å². The first-order chi connectivity index (χ1) is 11.6. The van der Waals surface area contributed by atoms with Gasteiger partial charge in [0.25, 0.3) is 0 Å². The molecule has 0 fully saturated rings. The Hall–Kier alpha value is -2.54. The number of fused-ring (bicyclic) bond motifs is 2. The Morgan fingerprint density at radius 3 is 1.79 bits per heavy atom. The summed E-state index contributed by atoms with van der Waals surface area (Å²) in [6, 6.07) is 24.6. The van der Waals surface area contributed by atoms with Crippen LogP contribution in [0.1, 0.15) is 33.7 Å². The second-order valence-electron chi connectivity index (χ2n) is 6.93. The Balaban J connectivity index is 1.84. The molecule has 1 heteroatoms. The van der Waals surface area contributed by atoms with Crippen LogP contribution in [-0.4, -0.2) is 7.05 Å². The number of hydrogen-bond donors (Lipinski definition) is 0. The van der Waals surface area contributed by atoms with Crippen molar-refractivity contribution in [3.8, 4) is 0 Å². The van der Waals surface area contributed by atoms with E-state index in [1.165, 1.54) is 39.2 Å². The number of rotatable bonds is 2. The van der Waals surface area contributed by atoms with Crippen molar-refractivity contribution >= 4 is 11.4 Å². The third-order valence-corrected chi connectivity index (χ3v) is 5.07. The summed E-state index contributed by atoms with van der Waals surface area (Å²) in [7, 11) is 2.17. The average molecular weight is 313 g/mol. The highest BCUT2D eigenvalue weighted by Gasteiger charge is 2.28. The largest absolute Gasteiger partial charge is 0.344 e. The topological polar surface area (TPSA) is 3.24 Å². The van der Waals surface area contributed by atoms with Gasteiger partial charge in [-0.3, -0.25) is 0 Å². The van der Waals surface area contributed by atoms with Gasteiger partial charge in [-0.15, -0.1) is 0 Å². The molecule has 0 saturated heterocycles. The Bertz CT molecular complexity index is 826. The monoisotopic (exact) mass is 313 g/mol. The van der Waals surface area contributed by atoms with Gasteiger partial charge >= 0.3 is 0 Å². The van der Waals surface area contributed by atoms with Gasteiger partial charge in [0.2, 0.25) is 0 Å². The molecule has 0 atom stereocenters. The van der Waals surface area contributed by atoms with Crippen LogP contribution in [0.4, 0.5) is 11.4 Å². The highest BCUT2D eigenvalue weighted by atomic mass is 15.1. The third-order valence-electron chi connectivity index (χ3n) is 5.07. The lowest BCUT2D eigenvalue weighted by molar-refractivity contribution is 0.784. The van der Waals surface area contributed by atoms with Crippen molar-refractivity contribution in [3.05, 3.63) is 94.5 Å². The van der Waals surface area contributed by atoms with Crippen molar-refractivity contribution in [1.82, 2.24) is 0 Å². The Kier molecular flexibility index (Phi) is 3.65. The van der Waals surface area contributed by atoms with E-state index in [2.05, 4.69) is 92.5 Å². The van der Waals surface area contributed by atoms with Crippen molar-refractivity contribution < 1.29 is 0 Å². The van der Waals surface area contributed by atoms with Crippen LogP contribution in [0, 0.1) is 13.8 Å². The molecule has 0 spiro atoms. The van der Waals surface area contributed by atoms with E-state index in [1.807, 2.05) is 0 Å². The van der Waals surface area contributed by atoms with E-state index in [-0.39, 0.29) is 0 Å². The van der Waals surface area contributed by atoms with Gasteiger partial charge in [-0.1, -0.05) is 65.7 Å². The molecular weight excluding hydrogens is 290 g/mol. The summed E-state index contributed by atoms with van der Waals surface area (Å²) >= 11 is 0. The van der Waals surface area contributed by atoms with Crippen molar-refractivity contribution in [2.45, 2.75) is 26.2 Å². The number of para-hydroxylation sites is 2. The fraction of sp³-hybridized carbons (Fsp3) is 0.217. The number of anilines is 2. The first kappa shape index (κ1) is 15.0. The van der Waals surface area contributed by atoms with Crippen LogP contribution in [0.25, 0.3) is 0 Å². The summed E-state index contributed by atoms with van der Waals surface area (Å²) in [6.07, 6.45) is 1.05. The average Bonchev–Trinajstić information content (AvgIpc) is 2.58. The van der Waals surface area contributed by atoms with Gasteiger partial charge in [0.1, 0.15) is 0 Å². The molecule has 1 aliphatic rings. The molecule has 3 aromatic carbocycles. The lowest BCUT2D eigenvalue weighted by Gasteiger charge is -2.35. The van der Waals surface area contributed by atoms with E-state index in [4.69, 9.17) is 0 Å². The molecular formula is C23H23N. The number of aryl methyl sites for hydroxylation is 2. The number of benzene rings is 3. The van der Waals surface area contributed by atoms with Gasteiger partial charge in [-0.2, -0.15) is 0 Å². The molecule has 0 aromatic heterocycles. The zero-order valence-corrected chi connectivity index (χ0v) is 14.6. The lowest BCUT2D eigenvalue weighted by atomic mass is 9.81. The number of nitrogens with zero attached hydrogens (tertiary/aromatic N) is 1. The normalized spacial score (nSPS) is 13.5. The zero-order chi connectivity index (χ0) is 16.7. The summed E-state index contributed by atoms with van der Waals surface area (Å²) < 4.78 is 0. The van der Waals surface area contributed by atoms with Crippen molar-refractivity contribution in [1.29, 1.82) is 0 Å². The standard InChI is InChI=1S/C23H23N/c1-16-12-17(2)14-18(13-16)15-21-19-8-4-6-10-22(19)24(3)23-11-7-5-9-20(21)23/h4-14,21H,15H2,1-3H3. The van der Waals surface area contributed by atoms with Crippen LogP contribution in [0.3, 0.4) is 0 Å². The first-order valence-corrected chi connectivity index (χ1v) is 8.62. The molecule has 0 bridgehead atoms. The van der Waals surface area contributed by atoms with Crippen LogP contribution < -0.4 is 4.90 Å². The minimum Gasteiger partial charge on any atom is -0.344 e. The van der Waals surface area contributed by atoms with Crippen molar-refractivity contribution in [3.63, 3.8) is 0 Å². The van der Waals surface area contributed by atoms with Gasteiger partial charge in [-0.05, 0) is 49.1 Å². The summed E-state index contributed by atoms with van der Waals surface area (Å²) in [5.41, 5.74) is 9.62. The SMILES string of the molecule is Cc1cc(C)cc(CC2c3ccccc3N(C)c3ccccc32)c1. The van der Waals surface area contributed by atoms with Gasteiger partial charge < -0.3 is 4.90 Å². The Morgan fingerprint density at radius 1 is 0.750 bits per heavy atom. The fourth-order valence-corrected chi connectivity index (χ4v) is 4.12. The molecule has 4 rings (SSSR count). The van der Waals surface area contributed by atoms with E-state index >= 15 is 0 Å². The fourth-order valence-electron chi connectivity index (χ4n) is 4.12. The minimum absolute atomic E-state index is 0.412. The zero-order valence-electron chi connectivity index (χ0n) is 14.6. The van der Waals surface area contributed by atoms with Gasteiger partial charge in [-0.25, -0.2) is 0 Å². The Morgan fingerprint density at radius 2 is 1.25 bits per heavy atom. The van der Waals surface area contributed by atoms with Gasteiger partial charge in [0.15, 0.2) is 0 Å². The highest BCUT2D eigenvalue weighted by Crippen LogP contribution is 2.45. The number of hydrogen-bond acceptors (Lipinski definition) is 1. The Labute approximate surface area is 144 Å². The summed E-state index contributed by atoms with van der Waals surface area (Å²) in [5, 5.41) is 0. The molecule has 24 heavy (non-hydrogen) atoms. The molecule has 0 saturated carbocycles. The van der Waals surface area contributed by atoms with E-state index in [0.717, 1.165) is 6.42 Å². The highest BCUT2D eigenvalue weighted by molar-refractivity contribution is 5.75. The molecule has 0 aliphatic carbocycles. The van der Waals surface area contributed by atoms with E-state index in [9.17, 15) is 0 Å². The molecule has 1 heterocycles. The third kappa shape index (κ3) is 2.50. The lowest BCUT2D eigenvalue weighted by Crippen LogP contribution is -2.22. The van der Waals surface area contributed by atoms with E-state index in [0.29, 0.717) is 5.92 Å². The maximum atomic E-state index is 2.33. The molecule has 1 aliphatic heterocycles. The van der Waals surface area contributed by atoms with Gasteiger partial charge in [0.05, 0.1) is 0 Å². The minimum atomic E-state index is 0.412. The van der Waals surface area contributed by atoms with Crippen LogP contribution in [0.5, 0.6) is 0 Å². The van der Waals surface area contributed by atoms with E-state index in [1.54, 1.807) is 0 Å². The second-order valence-corrected chi connectivity index (χ2v) is 6.93. The van der Waals surface area contributed by atoms with Crippen molar-refractivity contribution in [2.75, 3.05) is 11.9 Å². The van der Waals surface area contributed by atoms with Gasteiger partial charge in [0, 0.05) is 24.3 Å². The van der Waals surface area contributed by atoms with Crippen molar-refractivity contribution in [2.24, 2.45) is 0 Å². The maximum absolute atomic E-state index is 2.33. The summed E-state index contributed by atoms with van der Waals surface area (Å²) in [4.78, 5) is 2.32. The molecule has 0 N–H and O–H groups in total. The van der Waals surface area contributed by atoms with Crippen LogP contribution in [0.2, 0.25) is 0 Å². The maximum Gasteiger partial charge on any atom is 0.0447 e. The first-order valence-electron chi connectivity index (χ1n) is 8.62. The predicted molar refractivity (Wildman–Crippen MR) is 102 cm³/mol. The summed E-state index contributed by atoms with van der Waals surface area (Å²) in [6.45, 7) is 4.38. The molecule has 1 nitrogen and oxygen atoms in total. The predicted octanol–water partition coefficient (Wildman–Crippen LogP) is 5.76. The molecule has 0 amide bonds. The molecule has 0 radical (unpaired) electrons. The van der Waals surface area contributed by atoms with E-state index < -0.39 is 0 Å². The van der Waals surface area contributed by atoms with Crippen LogP contribution in [0.15, 0.2) is 66.7 Å². The second kappa shape index (κ2) is 5.83. The summed E-state index contributed by atoms with van der Waals surface area (Å²) in [5.74, 6) is 0.412. The molecule has 120 valence electrons. The quantitative estimate of drug-likeness (QED) is 0.581.